The van der Waals surface area contributed by atoms with Crippen LogP contribution in [0.1, 0.15) is 23.1 Å². The zero-order chi connectivity index (χ0) is 35.2. The highest BCUT2D eigenvalue weighted by Crippen LogP contribution is 2.14. The Morgan fingerprint density at radius 3 is 1.54 bits per heavy atom. The number of phenolic OH excluding ortho intramolecular Hbond substituents is 1. The minimum absolute atomic E-state index is 0.0242. The molecule has 15 heteroatoms. The molecule has 5 amide bonds. The van der Waals surface area contributed by atoms with Crippen LogP contribution in [0, 0.1) is 0 Å². The number of carboxylic acids is 1. The largest absolute Gasteiger partial charge is 0.508 e. The first kappa shape index (κ1) is 37.0. The molecule has 3 aromatic carbocycles. The van der Waals surface area contributed by atoms with Crippen LogP contribution < -0.4 is 32.7 Å². The summed E-state index contributed by atoms with van der Waals surface area (Å²) >= 11 is 6.00. The molecule has 0 heterocycles. The smallest absolute Gasteiger partial charge is 0.305 e. The molecule has 0 aliphatic heterocycles. The SMILES string of the molecule is NCC(=O)NC(CC(=O)O)C(=O)NC(Cc1ccc(Cl)cc1)C(=O)NC(Cc1ccc(O)cc1)C(=O)NC(Cc1ccccc1)C(N)=O. The number of amides is 5. The molecule has 0 aromatic heterocycles. The van der Waals surface area contributed by atoms with E-state index in [4.69, 9.17) is 23.1 Å². The summed E-state index contributed by atoms with van der Waals surface area (Å²) in [7, 11) is 0. The zero-order valence-corrected chi connectivity index (χ0v) is 26.5. The summed E-state index contributed by atoms with van der Waals surface area (Å²) in [5.41, 5.74) is 12.7. The fourth-order valence-electron chi connectivity index (χ4n) is 4.67. The monoisotopic (exact) mass is 680 g/mol. The van der Waals surface area contributed by atoms with Gasteiger partial charge in [-0.05, 0) is 41.0 Å². The number of phenols is 1. The van der Waals surface area contributed by atoms with Gasteiger partial charge in [-0.2, -0.15) is 0 Å². The third kappa shape index (κ3) is 12.0. The van der Waals surface area contributed by atoms with E-state index in [-0.39, 0.29) is 25.0 Å². The van der Waals surface area contributed by atoms with E-state index in [9.17, 15) is 39.0 Å². The second kappa shape index (κ2) is 18.0. The highest BCUT2D eigenvalue weighted by atomic mass is 35.5. The van der Waals surface area contributed by atoms with E-state index in [2.05, 4.69) is 21.3 Å². The molecular formula is C33H37ClN6O8. The van der Waals surface area contributed by atoms with Crippen molar-refractivity contribution in [2.45, 2.75) is 49.9 Å². The van der Waals surface area contributed by atoms with Crippen LogP contribution in [0.2, 0.25) is 5.02 Å². The van der Waals surface area contributed by atoms with Crippen molar-refractivity contribution >= 4 is 47.1 Å². The number of carboxylic acid groups (broad SMARTS) is 1. The third-order valence-electron chi connectivity index (χ3n) is 7.15. The molecule has 254 valence electrons. The first-order valence-electron chi connectivity index (χ1n) is 14.8. The van der Waals surface area contributed by atoms with Crippen molar-refractivity contribution in [3.8, 4) is 5.75 Å². The summed E-state index contributed by atoms with van der Waals surface area (Å²) in [5, 5.41) is 29.4. The number of aliphatic carboxylic acids is 1. The van der Waals surface area contributed by atoms with Crippen molar-refractivity contribution < 1.29 is 39.0 Å². The normalized spacial score (nSPS) is 13.2. The molecule has 14 nitrogen and oxygen atoms in total. The number of hydrogen-bond donors (Lipinski definition) is 8. The summed E-state index contributed by atoms with van der Waals surface area (Å²) in [6.07, 6.45) is -0.930. The van der Waals surface area contributed by atoms with Gasteiger partial charge < -0.3 is 42.9 Å². The Morgan fingerprint density at radius 1 is 0.625 bits per heavy atom. The number of rotatable bonds is 17. The van der Waals surface area contributed by atoms with Crippen LogP contribution in [0.5, 0.6) is 5.75 Å². The molecule has 3 aromatic rings. The Kier molecular flexibility index (Phi) is 13.9. The number of carbonyl (C=O) groups is 6. The third-order valence-corrected chi connectivity index (χ3v) is 7.41. The van der Waals surface area contributed by atoms with Crippen LogP contribution in [-0.4, -0.2) is 76.4 Å². The van der Waals surface area contributed by atoms with Gasteiger partial charge >= 0.3 is 5.97 Å². The molecule has 4 unspecified atom stereocenters. The van der Waals surface area contributed by atoms with Gasteiger partial charge in [-0.15, -0.1) is 0 Å². The fourth-order valence-corrected chi connectivity index (χ4v) is 4.80. The van der Waals surface area contributed by atoms with Gasteiger partial charge in [0.1, 0.15) is 29.9 Å². The molecule has 0 spiro atoms. The minimum Gasteiger partial charge on any atom is -0.508 e. The Labute approximate surface area is 281 Å². The molecule has 10 N–H and O–H groups in total. The predicted molar refractivity (Wildman–Crippen MR) is 175 cm³/mol. The first-order chi connectivity index (χ1) is 22.8. The van der Waals surface area contributed by atoms with Crippen molar-refractivity contribution in [3.05, 3.63) is 101 Å². The zero-order valence-electron chi connectivity index (χ0n) is 25.7. The molecule has 48 heavy (non-hydrogen) atoms. The number of primary amides is 1. The molecular weight excluding hydrogens is 644 g/mol. The van der Waals surface area contributed by atoms with E-state index in [0.717, 1.165) is 5.56 Å². The topological polar surface area (TPSA) is 243 Å². The van der Waals surface area contributed by atoms with Gasteiger partial charge in [0.25, 0.3) is 0 Å². The van der Waals surface area contributed by atoms with E-state index >= 15 is 0 Å². The quantitative estimate of drug-likeness (QED) is 0.0950. The number of nitrogens with two attached hydrogens (primary N) is 2. The van der Waals surface area contributed by atoms with E-state index in [0.29, 0.717) is 16.1 Å². The highest BCUT2D eigenvalue weighted by Gasteiger charge is 2.32. The lowest BCUT2D eigenvalue weighted by molar-refractivity contribution is -0.141. The summed E-state index contributed by atoms with van der Waals surface area (Å²) in [4.78, 5) is 76.5. The number of carbonyl (C=O) groups excluding carboxylic acids is 5. The maximum Gasteiger partial charge on any atom is 0.305 e. The molecule has 0 aliphatic carbocycles. The van der Waals surface area contributed by atoms with Gasteiger partial charge in [0.2, 0.25) is 29.5 Å². The van der Waals surface area contributed by atoms with Crippen LogP contribution in [0.25, 0.3) is 0 Å². The molecule has 0 fully saturated rings. The van der Waals surface area contributed by atoms with Gasteiger partial charge in [0.15, 0.2) is 0 Å². The van der Waals surface area contributed by atoms with Crippen molar-refractivity contribution in [3.63, 3.8) is 0 Å². The van der Waals surface area contributed by atoms with E-state index in [1.807, 2.05) is 0 Å². The second-order valence-electron chi connectivity index (χ2n) is 10.9. The van der Waals surface area contributed by atoms with E-state index < -0.39 is 72.6 Å². The number of halogens is 1. The van der Waals surface area contributed by atoms with Gasteiger partial charge in [0, 0.05) is 24.3 Å². The minimum atomic E-state index is -1.57. The summed E-state index contributed by atoms with van der Waals surface area (Å²) in [5.74, 6) is -5.59. The highest BCUT2D eigenvalue weighted by molar-refractivity contribution is 6.30. The lowest BCUT2D eigenvalue weighted by atomic mass is 10.0. The Morgan fingerprint density at radius 2 is 1.06 bits per heavy atom. The lowest BCUT2D eigenvalue weighted by Crippen LogP contribution is -2.59. The van der Waals surface area contributed by atoms with Crippen LogP contribution in [0.15, 0.2) is 78.9 Å². The van der Waals surface area contributed by atoms with E-state index in [1.54, 1.807) is 66.7 Å². The number of hydrogen-bond acceptors (Lipinski definition) is 8. The van der Waals surface area contributed by atoms with Crippen LogP contribution in [-0.2, 0) is 48.0 Å². The number of nitrogens with one attached hydrogen (secondary N) is 4. The summed E-state index contributed by atoms with van der Waals surface area (Å²) in [6, 6.07) is 15.7. The second-order valence-corrected chi connectivity index (χ2v) is 11.3. The van der Waals surface area contributed by atoms with E-state index in [1.165, 1.54) is 12.1 Å². The first-order valence-corrected chi connectivity index (χ1v) is 15.2. The fraction of sp³-hybridized carbons (Fsp3) is 0.273. The summed E-state index contributed by atoms with van der Waals surface area (Å²) < 4.78 is 0. The van der Waals surface area contributed by atoms with Crippen molar-refractivity contribution in [2.24, 2.45) is 11.5 Å². The van der Waals surface area contributed by atoms with Crippen LogP contribution >= 0.6 is 11.6 Å². The molecule has 0 saturated heterocycles. The van der Waals surface area contributed by atoms with Crippen LogP contribution in [0.4, 0.5) is 0 Å². The number of benzene rings is 3. The van der Waals surface area contributed by atoms with Crippen molar-refractivity contribution in [1.82, 2.24) is 21.3 Å². The molecule has 0 bridgehead atoms. The molecule has 3 rings (SSSR count). The maximum absolute atomic E-state index is 13.9. The standard InChI is InChI=1S/C33H37ClN6O8/c34-22-10-6-20(7-11-22)15-26(40-33(48)27(17-29(43)44)37-28(42)18-35)32(47)39-25(16-21-8-12-23(41)13-9-21)31(46)38-24(30(36)45)14-19-4-2-1-3-5-19/h1-13,24-27,41H,14-18,35H2,(H2,36,45)(H,37,42)(H,38,46)(H,39,47)(H,40,48)(H,43,44). The predicted octanol–water partition coefficient (Wildman–Crippen LogP) is -0.0686. The Hall–Kier alpha value is -5.47. The van der Waals surface area contributed by atoms with Crippen LogP contribution in [0.3, 0.4) is 0 Å². The van der Waals surface area contributed by atoms with Gasteiger partial charge in [-0.3, -0.25) is 28.8 Å². The Bertz CT molecular complexity index is 1590. The molecule has 0 aliphatic rings. The molecule has 4 atom stereocenters. The average Bonchev–Trinajstić information content (AvgIpc) is 3.05. The van der Waals surface area contributed by atoms with Crippen molar-refractivity contribution in [2.75, 3.05) is 6.54 Å². The van der Waals surface area contributed by atoms with Gasteiger partial charge in [-0.25, -0.2) is 0 Å². The molecule has 0 saturated carbocycles. The Balaban J connectivity index is 1.91. The number of aromatic hydroxyl groups is 1. The lowest BCUT2D eigenvalue weighted by Gasteiger charge is -2.26. The summed E-state index contributed by atoms with van der Waals surface area (Å²) in [6.45, 7) is -0.511. The van der Waals surface area contributed by atoms with Gasteiger partial charge in [0.05, 0.1) is 13.0 Å². The average molecular weight is 681 g/mol. The van der Waals surface area contributed by atoms with Crippen molar-refractivity contribution in [1.29, 1.82) is 0 Å². The maximum atomic E-state index is 13.9. The van der Waals surface area contributed by atoms with Gasteiger partial charge in [-0.1, -0.05) is 66.2 Å². The molecule has 0 radical (unpaired) electrons.